The third kappa shape index (κ3) is 3.17. The molecular weight excluding hydrogens is 218 g/mol. The van der Waals surface area contributed by atoms with Crippen molar-refractivity contribution in [2.45, 2.75) is 6.92 Å². The molecule has 0 spiro atoms. The highest BCUT2D eigenvalue weighted by molar-refractivity contribution is 7.81. The Morgan fingerprint density at radius 3 is 2.62 bits per heavy atom. The largest absolute Gasteiger partial charge is 0.446 e. The Morgan fingerprint density at radius 2 is 2.15 bits per heavy atom. The average Bonchev–Trinajstić information content (AvgIpc) is 1.93. The van der Waals surface area contributed by atoms with Crippen LogP contribution in [0, 0.1) is 6.92 Å². The van der Waals surface area contributed by atoms with Crippen LogP contribution in [0.4, 0.5) is 0 Å². The predicted octanol–water partition coefficient (Wildman–Crippen LogP) is 1.23. The number of hydrogen-bond donors (Lipinski definition) is 1. The van der Waals surface area contributed by atoms with Gasteiger partial charge in [-0.1, -0.05) is 11.6 Å². The first-order valence-electron chi connectivity index (χ1n) is 3.18. The summed E-state index contributed by atoms with van der Waals surface area (Å²) in [5, 5.41) is 0.222. The molecule has 0 saturated heterocycles. The molecule has 0 bridgehead atoms. The van der Waals surface area contributed by atoms with Crippen molar-refractivity contribution in [2.75, 3.05) is 0 Å². The van der Waals surface area contributed by atoms with Crippen molar-refractivity contribution in [3.8, 4) is 5.75 Å². The molecule has 0 fully saturated rings. The van der Waals surface area contributed by atoms with Crippen LogP contribution in [0.25, 0.3) is 0 Å². The lowest BCUT2D eigenvalue weighted by atomic mass is 10.3. The summed E-state index contributed by atoms with van der Waals surface area (Å²) >= 11 is 5.51. The molecule has 0 unspecified atom stereocenters. The fraction of sp³-hybridized carbons (Fsp3) is 0.167. The number of nitrogens with zero attached hydrogens (tertiary/aromatic N) is 1. The maximum atomic E-state index is 10.3. The summed E-state index contributed by atoms with van der Waals surface area (Å²) in [6.45, 7) is 1.51. The highest BCUT2D eigenvalue weighted by atomic mass is 35.5. The Hall–Kier alpha value is -0.850. The third-order valence-electron chi connectivity index (χ3n) is 1.20. The first-order chi connectivity index (χ1) is 5.88. The van der Waals surface area contributed by atoms with Crippen LogP contribution in [0.3, 0.4) is 0 Å². The fourth-order valence-corrected chi connectivity index (χ4v) is 1.31. The molecule has 0 aromatic carbocycles. The van der Waals surface area contributed by atoms with E-state index in [1.54, 1.807) is 0 Å². The van der Waals surface area contributed by atoms with Crippen LogP contribution in [-0.4, -0.2) is 18.0 Å². The second-order valence-electron chi connectivity index (χ2n) is 2.23. The number of aromatic nitrogens is 1. The highest BCUT2D eigenvalue weighted by Gasteiger charge is 2.10. The average molecular weight is 224 g/mol. The van der Waals surface area contributed by atoms with Gasteiger partial charge in [0.2, 0.25) is 0 Å². The standard InChI is InChI=1S/C6H6ClNO4S/c1-4-5(12-13(9,10)11)2-3-6(7)8-4/h2-3H,1H3,(H,9,10,11). The molecule has 72 valence electrons. The summed E-state index contributed by atoms with van der Waals surface area (Å²) in [7, 11) is -4.50. The molecule has 0 aliphatic heterocycles. The Balaban J connectivity index is 3.04. The number of rotatable bonds is 2. The van der Waals surface area contributed by atoms with Gasteiger partial charge in [-0.25, -0.2) is 4.98 Å². The lowest BCUT2D eigenvalue weighted by Crippen LogP contribution is -2.08. The number of aryl methyl sites for hydroxylation is 1. The van der Waals surface area contributed by atoms with Crippen LogP contribution in [0.15, 0.2) is 12.1 Å². The fourth-order valence-electron chi connectivity index (χ4n) is 0.719. The molecule has 13 heavy (non-hydrogen) atoms. The summed E-state index contributed by atoms with van der Waals surface area (Å²) in [4.78, 5) is 3.72. The van der Waals surface area contributed by atoms with Crippen molar-refractivity contribution in [1.29, 1.82) is 0 Å². The Morgan fingerprint density at radius 1 is 1.54 bits per heavy atom. The van der Waals surface area contributed by atoms with Gasteiger partial charge in [-0.2, -0.15) is 8.42 Å². The van der Waals surface area contributed by atoms with E-state index < -0.39 is 10.4 Å². The molecule has 0 atom stereocenters. The first-order valence-corrected chi connectivity index (χ1v) is 4.93. The minimum Gasteiger partial charge on any atom is -0.360 e. The first kappa shape index (κ1) is 10.2. The summed E-state index contributed by atoms with van der Waals surface area (Å²) < 4.78 is 33.2. The highest BCUT2D eigenvalue weighted by Crippen LogP contribution is 2.19. The summed E-state index contributed by atoms with van der Waals surface area (Å²) in [5.41, 5.74) is 0.283. The maximum absolute atomic E-state index is 10.3. The number of halogens is 1. The van der Waals surface area contributed by atoms with Gasteiger partial charge in [0.25, 0.3) is 0 Å². The van der Waals surface area contributed by atoms with Crippen molar-refractivity contribution in [3.63, 3.8) is 0 Å². The zero-order chi connectivity index (χ0) is 10.1. The van der Waals surface area contributed by atoms with Crippen molar-refractivity contribution >= 4 is 22.0 Å². The molecule has 0 aliphatic rings. The molecule has 1 aromatic heterocycles. The second-order valence-corrected chi connectivity index (χ2v) is 3.64. The monoisotopic (exact) mass is 223 g/mol. The molecular formula is C6H6ClNO4S. The van der Waals surface area contributed by atoms with E-state index in [0.717, 1.165) is 0 Å². The zero-order valence-electron chi connectivity index (χ0n) is 6.56. The smallest absolute Gasteiger partial charge is 0.360 e. The van der Waals surface area contributed by atoms with Crippen LogP contribution in [0.5, 0.6) is 5.75 Å². The van der Waals surface area contributed by atoms with Gasteiger partial charge in [-0.05, 0) is 19.1 Å². The predicted molar refractivity (Wildman–Crippen MR) is 46.2 cm³/mol. The lowest BCUT2D eigenvalue weighted by molar-refractivity contribution is 0.385. The number of pyridine rings is 1. The van der Waals surface area contributed by atoms with E-state index in [0.29, 0.717) is 0 Å². The van der Waals surface area contributed by atoms with Gasteiger partial charge in [0, 0.05) is 0 Å². The minimum atomic E-state index is -4.50. The summed E-state index contributed by atoms with van der Waals surface area (Å²) in [6, 6.07) is 2.66. The van der Waals surface area contributed by atoms with Gasteiger partial charge in [0.05, 0.1) is 5.69 Å². The van der Waals surface area contributed by atoms with Gasteiger partial charge >= 0.3 is 10.4 Å². The SMILES string of the molecule is Cc1nc(Cl)ccc1OS(=O)(=O)O. The molecule has 0 saturated carbocycles. The Labute approximate surface area is 80.3 Å². The van der Waals surface area contributed by atoms with E-state index in [-0.39, 0.29) is 16.6 Å². The molecule has 0 amide bonds. The number of hydrogen-bond acceptors (Lipinski definition) is 4. The Kier molecular flexibility index (Phi) is 2.74. The maximum Gasteiger partial charge on any atom is 0.446 e. The molecule has 5 nitrogen and oxygen atoms in total. The van der Waals surface area contributed by atoms with Crippen LogP contribution >= 0.6 is 11.6 Å². The molecule has 1 aromatic rings. The summed E-state index contributed by atoms with van der Waals surface area (Å²) in [5.74, 6) is -0.0492. The van der Waals surface area contributed by atoms with E-state index in [4.69, 9.17) is 16.2 Å². The van der Waals surface area contributed by atoms with E-state index in [2.05, 4.69) is 9.17 Å². The normalized spacial score (nSPS) is 11.3. The van der Waals surface area contributed by atoms with Gasteiger partial charge in [0.15, 0.2) is 5.75 Å². The minimum absolute atomic E-state index is 0.0492. The second kappa shape index (κ2) is 3.49. The topological polar surface area (TPSA) is 76.5 Å². The molecule has 7 heteroatoms. The van der Waals surface area contributed by atoms with Gasteiger partial charge in [0.1, 0.15) is 5.15 Å². The van der Waals surface area contributed by atoms with Gasteiger partial charge in [-0.3, -0.25) is 4.55 Å². The van der Waals surface area contributed by atoms with Crippen molar-refractivity contribution in [3.05, 3.63) is 23.0 Å². The van der Waals surface area contributed by atoms with Crippen LogP contribution in [0.2, 0.25) is 5.15 Å². The molecule has 1 rings (SSSR count). The van der Waals surface area contributed by atoms with Crippen molar-refractivity contribution in [2.24, 2.45) is 0 Å². The van der Waals surface area contributed by atoms with Crippen molar-refractivity contribution < 1.29 is 17.2 Å². The van der Waals surface area contributed by atoms with E-state index in [1.807, 2.05) is 0 Å². The summed E-state index contributed by atoms with van der Waals surface area (Å²) in [6.07, 6.45) is 0. The van der Waals surface area contributed by atoms with Crippen LogP contribution in [0.1, 0.15) is 5.69 Å². The van der Waals surface area contributed by atoms with Crippen molar-refractivity contribution in [1.82, 2.24) is 4.98 Å². The van der Waals surface area contributed by atoms with E-state index >= 15 is 0 Å². The Bertz CT molecular complexity index is 417. The van der Waals surface area contributed by atoms with E-state index in [1.165, 1.54) is 19.1 Å². The molecule has 0 radical (unpaired) electrons. The quantitative estimate of drug-likeness (QED) is 0.603. The zero-order valence-corrected chi connectivity index (χ0v) is 8.13. The molecule has 0 aliphatic carbocycles. The van der Waals surface area contributed by atoms with Gasteiger partial charge < -0.3 is 4.18 Å². The van der Waals surface area contributed by atoms with Crippen LogP contribution in [-0.2, 0) is 10.4 Å². The molecule has 1 heterocycles. The van der Waals surface area contributed by atoms with E-state index in [9.17, 15) is 8.42 Å². The van der Waals surface area contributed by atoms with Crippen LogP contribution < -0.4 is 4.18 Å². The van der Waals surface area contributed by atoms with Gasteiger partial charge in [-0.15, -0.1) is 0 Å². The third-order valence-corrected chi connectivity index (χ3v) is 1.80. The molecule has 1 N–H and O–H groups in total. The lowest BCUT2D eigenvalue weighted by Gasteiger charge is -2.03.